The van der Waals surface area contributed by atoms with Crippen molar-refractivity contribution in [3.63, 3.8) is 0 Å². The molecule has 1 atom stereocenters. The van der Waals surface area contributed by atoms with Crippen LogP contribution in [0.2, 0.25) is 0 Å². The molecule has 29 heavy (non-hydrogen) atoms. The van der Waals surface area contributed by atoms with Crippen molar-refractivity contribution in [1.29, 1.82) is 0 Å². The van der Waals surface area contributed by atoms with Gasteiger partial charge in [0.1, 0.15) is 5.75 Å². The van der Waals surface area contributed by atoms with Gasteiger partial charge in [-0.25, -0.2) is 13.1 Å². The highest BCUT2D eigenvalue weighted by atomic mass is 32.2. The summed E-state index contributed by atoms with van der Waals surface area (Å²) >= 11 is 0. The van der Waals surface area contributed by atoms with Gasteiger partial charge in [-0.1, -0.05) is 18.2 Å². The number of rotatable bonds is 9. The zero-order valence-electron chi connectivity index (χ0n) is 17.5. The van der Waals surface area contributed by atoms with Gasteiger partial charge in [-0.2, -0.15) is 0 Å². The first-order valence-corrected chi connectivity index (χ1v) is 10.8. The van der Waals surface area contributed by atoms with Gasteiger partial charge < -0.3 is 15.0 Å². The smallest absolute Gasteiger partial charge is 0.251 e. The first-order chi connectivity index (χ1) is 13.6. The summed E-state index contributed by atoms with van der Waals surface area (Å²) in [4.78, 5) is 14.7. The number of ether oxygens (including phenoxy) is 1. The van der Waals surface area contributed by atoms with E-state index in [1.54, 1.807) is 33.1 Å². The van der Waals surface area contributed by atoms with Crippen LogP contribution < -0.4 is 14.8 Å². The van der Waals surface area contributed by atoms with Crippen molar-refractivity contribution in [3.05, 3.63) is 59.7 Å². The number of likely N-dealkylation sites (N-methyl/N-ethyl adjacent to an activating group) is 1. The Bertz CT molecular complexity index is 942. The largest absolute Gasteiger partial charge is 0.497 e. The molecule has 2 N–H and O–H groups in total. The third-order valence-corrected chi connectivity index (χ3v) is 6.01. The van der Waals surface area contributed by atoms with E-state index in [0.717, 1.165) is 11.3 Å². The molecule has 8 heteroatoms. The average molecular weight is 420 g/mol. The van der Waals surface area contributed by atoms with Crippen LogP contribution in [-0.2, 0) is 10.0 Å². The molecule has 2 aromatic rings. The average Bonchev–Trinajstić information content (AvgIpc) is 2.67. The maximum atomic E-state index is 12.7. The van der Waals surface area contributed by atoms with E-state index in [0.29, 0.717) is 12.1 Å². The van der Waals surface area contributed by atoms with E-state index < -0.39 is 10.0 Å². The fraction of sp³-hybridized carbons (Fsp3) is 0.381. The Morgan fingerprint density at radius 1 is 1.10 bits per heavy atom. The number of hydrogen-bond donors (Lipinski definition) is 2. The van der Waals surface area contributed by atoms with Crippen LogP contribution in [0.3, 0.4) is 0 Å². The zero-order chi connectivity index (χ0) is 21.6. The van der Waals surface area contributed by atoms with Gasteiger partial charge >= 0.3 is 0 Å². The first kappa shape index (κ1) is 22.9. The Hall–Kier alpha value is -2.42. The van der Waals surface area contributed by atoms with Gasteiger partial charge in [0.05, 0.1) is 18.0 Å². The second kappa shape index (κ2) is 9.87. The van der Waals surface area contributed by atoms with Crippen LogP contribution in [0.5, 0.6) is 5.75 Å². The molecule has 2 rings (SSSR count). The summed E-state index contributed by atoms with van der Waals surface area (Å²) in [6, 6.07) is 13.4. The van der Waals surface area contributed by atoms with Crippen molar-refractivity contribution < 1.29 is 17.9 Å². The van der Waals surface area contributed by atoms with Crippen LogP contribution in [0.25, 0.3) is 0 Å². The lowest BCUT2D eigenvalue weighted by Gasteiger charge is -2.25. The van der Waals surface area contributed by atoms with Crippen LogP contribution in [0.4, 0.5) is 0 Å². The van der Waals surface area contributed by atoms with Crippen molar-refractivity contribution in [2.24, 2.45) is 0 Å². The van der Waals surface area contributed by atoms with Crippen LogP contribution in [0, 0.1) is 0 Å². The number of sulfonamides is 1. The first-order valence-electron chi connectivity index (χ1n) is 9.35. The van der Waals surface area contributed by atoms with Gasteiger partial charge in [0, 0.05) is 18.2 Å². The minimum absolute atomic E-state index is 0.0656. The second-order valence-electron chi connectivity index (χ2n) is 7.27. The van der Waals surface area contributed by atoms with Gasteiger partial charge in [0.2, 0.25) is 10.0 Å². The van der Waals surface area contributed by atoms with Crippen LogP contribution in [0.15, 0.2) is 53.4 Å². The molecule has 0 fully saturated rings. The highest BCUT2D eigenvalue weighted by Crippen LogP contribution is 2.22. The topological polar surface area (TPSA) is 87.7 Å². The molecule has 0 aromatic heterocycles. The molecule has 0 saturated heterocycles. The Labute approximate surface area is 173 Å². The molecule has 2 aromatic carbocycles. The lowest BCUT2D eigenvalue weighted by Crippen LogP contribution is -2.35. The Morgan fingerprint density at radius 2 is 1.79 bits per heavy atom. The minimum atomic E-state index is -3.66. The molecule has 0 radical (unpaired) electrons. The zero-order valence-corrected chi connectivity index (χ0v) is 18.3. The molecule has 1 unspecified atom stereocenters. The third kappa shape index (κ3) is 6.28. The van der Waals surface area contributed by atoms with Crippen molar-refractivity contribution in [3.8, 4) is 5.75 Å². The molecule has 0 aliphatic rings. The van der Waals surface area contributed by atoms with Crippen molar-refractivity contribution >= 4 is 15.9 Å². The summed E-state index contributed by atoms with van der Waals surface area (Å²) in [5.74, 6) is 0.414. The summed E-state index contributed by atoms with van der Waals surface area (Å²) in [6.07, 6.45) is 0. The van der Waals surface area contributed by atoms with E-state index >= 15 is 0 Å². The quantitative estimate of drug-likeness (QED) is 0.652. The standard InChI is InChI=1S/C21H29N3O4S/c1-15(2)23-29(26,27)19-11-7-9-17(13-19)21(25)22-14-20(24(3)4)16-8-6-10-18(12-16)28-5/h6-13,15,20,23H,14H2,1-5H3,(H,22,25). The molecule has 7 nitrogen and oxygen atoms in total. The summed E-state index contributed by atoms with van der Waals surface area (Å²) in [6.45, 7) is 3.85. The molecule has 0 aliphatic heterocycles. The molecular formula is C21H29N3O4S. The highest BCUT2D eigenvalue weighted by molar-refractivity contribution is 7.89. The van der Waals surface area contributed by atoms with E-state index in [4.69, 9.17) is 4.74 Å². The second-order valence-corrected chi connectivity index (χ2v) is 8.98. The summed E-state index contributed by atoms with van der Waals surface area (Å²) in [7, 11) is 1.81. The van der Waals surface area contributed by atoms with E-state index in [9.17, 15) is 13.2 Å². The SMILES string of the molecule is COc1cccc(C(CNC(=O)c2cccc(S(=O)(=O)NC(C)C)c2)N(C)C)c1. The van der Waals surface area contributed by atoms with E-state index in [1.807, 2.05) is 43.3 Å². The molecule has 0 saturated carbocycles. The summed E-state index contributed by atoms with van der Waals surface area (Å²) in [5.41, 5.74) is 1.30. The molecule has 1 amide bonds. The number of carbonyl (C=O) groups is 1. The lowest BCUT2D eigenvalue weighted by molar-refractivity contribution is 0.0941. The Balaban J connectivity index is 2.16. The van der Waals surface area contributed by atoms with E-state index in [2.05, 4.69) is 10.0 Å². The number of methoxy groups -OCH3 is 1. The summed E-state index contributed by atoms with van der Waals surface area (Å²) < 4.78 is 32.5. The van der Waals surface area contributed by atoms with Crippen molar-refractivity contribution in [1.82, 2.24) is 14.9 Å². The molecule has 158 valence electrons. The monoisotopic (exact) mass is 419 g/mol. The Morgan fingerprint density at radius 3 is 2.41 bits per heavy atom. The number of hydrogen-bond acceptors (Lipinski definition) is 5. The van der Waals surface area contributed by atoms with Crippen LogP contribution >= 0.6 is 0 Å². The van der Waals surface area contributed by atoms with Crippen LogP contribution in [0.1, 0.15) is 35.8 Å². The van der Waals surface area contributed by atoms with Gasteiger partial charge in [0.25, 0.3) is 5.91 Å². The van der Waals surface area contributed by atoms with Gasteiger partial charge in [-0.15, -0.1) is 0 Å². The normalized spacial score (nSPS) is 12.8. The maximum absolute atomic E-state index is 12.7. The van der Waals surface area contributed by atoms with E-state index in [1.165, 1.54) is 12.1 Å². The fourth-order valence-corrected chi connectivity index (χ4v) is 4.22. The number of nitrogens with zero attached hydrogens (tertiary/aromatic N) is 1. The predicted molar refractivity (Wildman–Crippen MR) is 114 cm³/mol. The minimum Gasteiger partial charge on any atom is -0.497 e. The molecular weight excluding hydrogens is 390 g/mol. The predicted octanol–water partition coefficient (Wildman–Crippen LogP) is 2.41. The van der Waals surface area contributed by atoms with Crippen molar-refractivity contribution in [2.45, 2.75) is 30.8 Å². The molecule has 0 bridgehead atoms. The molecule has 0 heterocycles. The van der Waals surface area contributed by atoms with Crippen molar-refractivity contribution in [2.75, 3.05) is 27.7 Å². The number of benzene rings is 2. The van der Waals surface area contributed by atoms with Crippen LogP contribution in [-0.4, -0.2) is 53.0 Å². The summed E-state index contributed by atoms with van der Waals surface area (Å²) in [5, 5.41) is 2.90. The number of nitrogens with one attached hydrogen (secondary N) is 2. The third-order valence-electron chi connectivity index (χ3n) is 4.36. The lowest BCUT2D eigenvalue weighted by atomic mass is 10.1. The maximum Gasteiger partial charge on any atom is 0.251 e. The Kier molecular flexibility index (Phi) is 7.78. The van der Waals surface area contributed by atoms with Gasteiger partial charge in [-0.05, 0) is 63.8 Å². The molecule has 0 aliphatic carbocycles. The number of carbonyl (C=O) groups excluding carboxylic acids is 1. The van der Waals surface area contributed by atoms with E-state index in [-0.39, 0.29) is 22.9 Å². The molecule has 0 spiro atoms. The number of amides is 1. The highest BCUT2D eigenvalue weighted by Gasteiger charge is 2.19. The van der Waals surface area contributed by atoms with Gasteiger partial charge in [-0.3, -0.25) is 4.79 Å². The fourth-order valence-electron chi connectivity index (χ4n) is 2.92. The van der Waals surface area contributed by atoms with Gasteiger partial charge in [0.15, 0.2) is 0 Å².